The van der Waals surface area contributed by atoms with Crippen molar-refractivity contribution in [2.45, 2.75) is 0 Å². The minimum atomic E-state index is -1.98. The summed E-state index contributed by atoms with van der Waals surface area (Å²) in [6, 6.07) is 4.68. The number of hydrogen-bond donors (Lipinski definition) is 0. The Kier molecular flexibility index (Phi) is 2.81. The summed E-state index contributed by atoms with van der Waals surface area (Å²) in [5, 5.41) is 0. The third-order valence-electron chi connectivity index (χ3n) is 2.77. The molecule has 1 aliphatic heterocycles. The molecule has 0 radical (unpaired) electrons. The van der Waals surface area contributed by atoms with E-state index < -0.39 is 47.7 Å². The monoisotopic (exact) mass is 286 g/mol. The van der Waals surface area contributed by atoms with E-state index in [1.807, 2.05) is 0 Å². The lowest BCUT2D eigenvalue weighted by Gasteiger charge is -2.04. The van der Waals surface area contributed by atoms with Crippen LogP contribution in [0, 0.1) is 29.1 Å². The van der Waals surface area contributed by atoms with Crippen LogP contribution in [0.3, 0.4) is 0 Å². The molecule has 2 aromatic carbocycles. The highest BCUT2D eigenvalue weighted by molar-refractivity contribution is 6.63. The van der Waals surface area contributed by atoms with Gasteiger partial charge in [-0.1, -0.05) is 12.1 Å². The van der Waals surface area contributed by atoms with Gasteiger partial charge in [0.2, 0.25) is 23.3 Å². The Morgan fingerprint density at radius 1 is 0.650 bits per heavy atom. The zero-order valence-electron chi connectivity index (χ0n) is 9.59. The Hall–Kier alpha value is -2.25. The van der Waals surface area contributed by atoms with Crippen LogP contribution in [0.1, 0.15) is 0 Å². The van der Waals surface area contributed by atoms with Gasteiger partial charge in [-0.2, -0.15) is 8.78 Å². The van der Waals surface area contributed by atoms with Crippen molar-refractivity contribution in [1.29, 1.82) is 0 Å². The molecule has 102 valence electrons. The van der Waals surface area contributed by atoms with Gasteiger partial charge >= 0.3 is 7.12 Å². The zero-order chi connectivity index (χ0) is 14.4. The molecule has 8 heteroatoms. The summed E-state index contributed by atoms with van der Waals surface area (Å²) in [7, 11) is -1.31. The van der Waals surface area contributed by atoms with Gasteiger partial charge in [0.1, 0.15) is 5.82 Å². The lowest BCUT2D eigenvalue weighted by Crippen LogP contribution is -2.39. The van der Waals surface area contributed by atoms with Gasteiger partial charge in [0.25, 0.3) is 0 Å². The minimum Gasteiger partial charge on any atom is -0.517 e. The van der Waals surface area contributed by atoms with Crippen molar-refractivity contribution in [3.05, 3.63) is 53.4 Å². The van der Waals surface area contributed by atoms with Crippen LogP contribution in [0.5, 0.6) is 11.5 Å². The van der Waals surface area contributed by atoms with E-state index in [1.54, 1.807) is 0 Å². The van der Waals surface area contributed by atoms with Crippen molar-refractivity contribution in [2.75, 3.05) is 0 Å². The molecule has 0 bridgehead atoms. The minimum absolute atomic E-state index is 0.238. The first kappa shape index (κ1) is 12.8. The highest BCUT2D eigenvalue weighted by Crippen LogP contribution is 2.41. The Balaban J connectivity index is 2.02. The SMILES string of the molecule is Fc1ccc(B2Oc3c(F)c(F)c(F)c(F)c3O2)cc1. The number of fused-ring (bicyclic) bond motifs is 1. The van der Waals surface area contributed by atoms with Crippen LogP contribution in [-0.2, 0) is 0 Å². The lowest BCUT2D eigenvalue weighted by molar-refractivity contribution is 0.388. The molecule has 0 saturated carbocycles. The first-order valence-electron chi connectivity index (χ1n) is 5.43. The summed E-state index contributed by atoms with van der Waals surface area (Å²) in [4.78, 5) is 0. The molecule has 2 aromatic rings. The fourth-order valence-electron chi connectivity index (χ4n) is 1.80. The summed E-state index contributed by atoms with van der Waals surface area (Å²) in [5.41, 5.74) is 0.238. The molecule has 0 aliphatic carbocycles. The third-order valence-corrected chi connectivity index (χ3v) is 2.77. The maximum atomic E-state index is 13.5. The molecule has 1 aliphatic rings. The smallest absolute Gasteiger partial charge is 0.517 e. The van der Waals surface area contributed by atoms with Crippen LogP contribution in [0.15, 0.2) is 24.3 Å². The second-order valence-corrected chi connectivity index (χ2v) is 4.03. The highest BCUT2D eigenvalue weighted by atomic mass is 19.2. The van der Waals surface area contributed by atoms with Crippen molar-refractivity contribution in [2.24, 2.45) is 0 Å². The highest BCUT2D eigenvalue weighted by Gasteiger charge is 2.41. The van der Waals surface area contributed by atoms with Gasteiger partial charge in [-0.15, -0.1) is 0 Å². The van der Waals surface area contributed by atoms with Crippen LogP contribution < -0.4 is 14.8 Å². The van der Waals surface area contributed by atoms with E-state index in [0.717, 1.165) is 12.1 Å². The molecule has 0 spiro atoms. The van der Waals surface area contributed by atoms with Gasteiger partial charge in [0.15, 0.2) is 11.5 Å². The number of benzene rings is 2. The van der Waals surface area contributed by atoms with Gasteiger partial charge in [0, 0.05) is 5.46 Å². The van der Waals surface area contributed by atoms with Crippen molar-refractivity contribution in [1.82, 2.24) is 0 Å². The molecule has 1 heterocycles. The van der Waals surface area contributed by atoms with Gasteiger partial charge in [-0.3, -0.25) is 0 Å². The Bertz CT molecular complexity index is 652. The average Bonchev–Trinajstić information content (AvgIpc) is 2.89. The topological polar surface area (TPSA) is 18.5 Å². The average molecular weight is 286 g/mol. The normalized spacial score (nSPS) is 12.9. The lowest BCUT2D eigenvalue weighted by atomic mass is 9.79. The Morgan fingerprint density at radius 3 is 1.55 bits per heavy atom. The second kappa shape index (κ2) is 4.40. The number of halogens is 5. The number of hydrogen-bond acceptors (Lipinski definition) is 2. The van der Waals surface area contributed by atoms with Crippen LogP contribution >= 0.6 is 0 Å². The molecular weight excluding hydrogens is 282 g/mol. The maximum absolute atomic E-state index is 13.5. The molecule has 2 nitrogen and oxygen atoms in total. The third kappa shape index (κ3) is 1.79. The van der Waals surface area contributed by atoms with Crippen molar-refractivity contribution < 1.29 is 31.3 Å². The molecule has 0 atom stereocenters. The van der Waals surface area contributed by atoms with Gasteiger partial charge in [0.05, 0.1) is 0 Å². The van der Waals surface area contributed by atoms with Crippen LogP contribution in [0.25, 0.3) is 0 Å². The van der Waals surface area contributed by atoms with Crippen molar-refractivity contribution in [3.8, 4) is 11.5 Å². The summed E-state index contributed by atoms with van der Waals surface area (Å²) in [6.45, 7) is 0. The van der Waals surface area contributed by atoms with E-state index in [4.69, 9.17) is 9.31 Å². The first-order chi connectivity index (χ1) is 9.49. The number of rotatable bonds is 1. The fourth-order valence-corrected chi connectivity index (χ4v) is 1.80. The van der Waals surface area contributed by atoms with Crippen molar-refractivity contribution in [3.63, 3.8) is 0 Å². The molecule has 0 fully saturated rings. The second-order valence-electron chi connectivity index (χ2n) is 4.03. The largest absolute Gasteiger partial charge is 0.632 e. The van der Waals surface area contributed by atoms with E-state index in [-0.39, 0.29) is 5.46 Å². The Morgan fingerprint density at radius 2 is 1.10 bits per heavy atom. The molecule has 0 saturated heterocycles. The van der Waals surface area contributed by atoms with E-state index in [0.29, 0.717) is 0 Å². The molecule has 0 amide bonds. The molecule has 3 rings (SSSR count). The van der Waals surface area contributed by atoms with E-state index in [9.17, 15) is 22.0 Å². The van der Waals surface area contributed by atoms with Crippen LogP contribution in [-0.4, -0.2) is 7.12 Å². The molecule has 20 heavy (non-hydrogen) atoms. The zero-order valence-corrected chi connectivity index (χ0v) is 9.59. The Labute approximate surface area is 109 Å². The molecule has 0 aromatic heterocycles. The maximum Gasteiger partial charge on any atom is 0.632 e. The molecular formula is C12H4BF5O2. The summed E-state index contributed by atoms with van der Waals surface area (Å²) in [6.07, 6.45) is 0. The predicted molar refractivity (Wildman–Crippen MR) is 59.3 cm³/mol. The first-order valence-corrected chi connectivity index (χ1v) is 5.43. The van der Waals surface area contributed by atoms with E-state index in [1.165, 1.54) is 12.1 Å². The predicted octanol–water partition coefficient (Wildman–Crippen LogP) is 2.55. The summed E-state index contributed by atoms with van der Waals surface area (Å²) >= 11 is 0. The van der Waals surface area contributed by atoms with Gasteiger partial charge in [-0.05, 0) is 12.1 Å². The molecule has 0 N–H and O–H groups in total. The summed E-state index contributed by atoms with van der Waals surface area (Å²) in [5.74, 6) is -9.55. The summed E-state index contributed by atoms with van der Waals surface area (Å²) < 4.78 is 75.6. The van der Waals surface area contributed by atoms with Gasteiger partial charge < -0.3 is 9.31 Å². The van der Waals surface area contributed by atoms with Crippen LogP contribution in [0.2, 0.25) is 0 Å². The van der Waals surface area contributed by atoms with Crippen LogP contribution in [0.4, 0.5) is 22.0 Å². The van der Waals surface area contributed by atoms with Gasteiger partial charge in [-0.25, -0.2) is 13.2 Å². The fraction of sp³-hybridized carbons (Fsp3) is 0. The molecule has 0 unspecified atom stereocenters. The van der Waals surface area contributed by atoms with E-state index in [2.05, 4.69) is 0 Å². The van der Waals surface area contributed by atoms with Crippen molar-refractivity contribution >= 4 is 12.6 Å². The quantitative estimate of drug-likeness (QED) is 0.347. The standard InChI is InChI=1S/C12H4BF5O2/c14-6-3-1-5(2-4-6)13-19-11-9(17)7(15)8(16)10(18)12(11)20-13/h1-4H. The van der Waals surface area contributed by atoms with E-state index >= 15 is 0 Å².